The van der Waals surface area contributed by atoms with Crippen molar-refractivity contribution in [3.05, 3.63) is 81.8 Å². The van der Waals surface area contributed by atoms with Crippen LogP contribution in [0, 0.1) is 5.92 Å². The molecule has 4 rings (SSSR count). The number of methoxy groups -OCH3 is 1. The summed E-state index contributed by atoms with van der Waals surface area (Å²) in [6.45, 7) is 5.35. The van der Waals surface area contributed by atoms with Crippen LogP contribution in [-0.4, -0.2) is 72.8 Å². The number of hydrogen-bond acceptors (Lipinski definition) is 6. The van der Waals surface area contributed by atoms with Crippen LogP contribution in [0.2, 0.25) is 10.0 Å². The van der Waals surface area contributed by atoms with E-state index in [0.29, 0.717) is 58.1 Å². The van der Waals surface area contributed by atoms with Gasteiger partial charge in [-0.05, 0) is 74.1 Å². The Balaban J connectivity index is 1.55. The Labute approximate surface area is 262 Å². The second kappa shape index (κ2) is 14.8. The number of hydrogen-bond donors (Lipinski definition) is 3. The molecule has 0 spiro atoms. The minimum atomic E-state index is -0.425. The van der Waals surface area contributed by atoms with E-state index in [-0.39, 0.29) is 37.0 Å². The highest BCUT2D eigenvalue weighted by molar-refractivity contribution is 6.42. The molecule has 11 heteroatoms. The van der Waals surface area contributed by atoms with Gasteiger partial charge in [-0.1, -0.05) is 36.2 Å². The van der Waals surface area contributed by atoms with Gasteiger partial charge in [-0.2, -0.15) is 0 Å². The van der Waals surface area contributed by atoms with E-state index in [4.69, 9.17) is 32.7 Å². The maximum Gasteiger partial charge on any atom is 0.323 e. The van der Waals surface area contributed by atoms with E-state index in [9.17, 15) is 14.7 Å². The smallest absolute Gasteiger partial charge is 0.323 e. The zero-order valence-corrected chi connectivity index (χ0v) is 26.3. The van der Waals surface area contributed by atoms with Crippen molar-refractivity contribution in [1.29, 1.82) is 0 Å². The molecule has 0 radical (unpaired) electrons. The minimum Gasteiger partial charge on any atom is -0.497 e. The number of aliphatic hydroxyl groups excluding tert-OH is 1. The molecule has 43 heavy (non-hydrogen) atoms. The first-order chi connectivity index (χ1) is 20.6. The molecular formula is C32H38Cl2N4O5. The minimum absolute atomic E-state index is 0.0479. The lowest BCUT2D eigenvalue weighted by atomic mass is 10.0. The fourth-order valence-electron chi connectivity index (χ4n) is 5.01. The summed E-state index contributed by atoms with van der Waals surface area (Å²) in [5, 5.41) is 16.6. The summed E-state index contributed by atoms with van der Waals surface area (Å²) in [6, 6.07) is 17.1. The Bertz CT molecular complexity index is 1420. The number of amides is 3. The Kier molecular flexibility index (Phi) is 11.2. The lowest BCUT2D eigenvalue weighted by molar-refractivity contribution is -0.134. The van der Waals surface area contributed by atoms with Crippen LogP contribution in [0.15, 0.2) is 60.7 Å². The Hall–Kier alpha value is -3.50. The van der Waals surface area contributed by atoms with Gasteiger partial charge in [0.15, 0.2) is 0 Å². The molecule has 3 N–H and O–H groups in total. The number of halogens is 2. The molecule has 1 aliphatic rings. The molecular weight excluding hydrogens is 591 g/mol. The number of anilines is 2. The summed E-state index contributed by atoms with van der Waals surface area (Å²) in [5.41, 5.74) is 2.79. The quantitative estimate of drug-likeness (QED) is 0.271. The van der Waals surface area contributed by atoms with Crippen LogP contribution in [0.4, 0.5) is 16.2 Å². The third-order valence-electron chi connectivity index (χ3n) is 7.45. The van der Waals surface area contributed by atoms with Crippen LogP contribution in [0.3, 0.4) is 0 Å². The first-order valence-corrected chi connectivity index (χ1v) is 14.9. The molecule has 0 unspecified atom stereocenters. The van der Waals surface area contributed by atoms with Crippen LogP contribution in [0.1, 0.15) is 25.0 Å². The van der Waals surface area contributed by atoms with Gasteiger partial charge in [0.1, 0.15) is 17.6 Å². The fourth-order valence-corrected chi connectivity index (χ4v) is 5.34. The molecule has 0 bridgehead atoms. The Morgan fingerprint density at radius 2 is 1.79 bits per heavy atom. The van der Waals surface area contributed by atoms with E-state index < -0.39 is 6.03 Å². The molecule has 0 saturated carbocycles. The van der Waals surface area contributed by atoms with Crippen molar-refractivity contribution in [1.82, 2.24) is 9.80 Å². The Morgan fingerprint density at radius 1 is 1.09 bits per heavy atom. The topological polar surface area (TPSA) is 103 Å². The molecule has 0 fully saturated rings. The predicted octanol–water partition coefficient (Wildman–Crippen LogP) is 5.93. The van der Waals surface area contributed by atoms with Crippen molar-refractivity contribution >= 4 is 46.5 Å². The summed E-state index contributed by atoms with van der Waals surface area (Å²) < 4.78 is 11.8. The van der Waals surface area contributed by atoms with Gasteiger partial charge in [0.25, 0.3) is 0 Å². The van der Waals surface area contributed by atoms with Crippen molar-refractivity contribution < 1.29 is 24.2 Å². The van der Waals surface area contributed by atoms with Crippen molar-refractivity contribution in [2.45, 2.75) is 39.0 Å². The van der Waals surface area contributed by atoms with Gasteiger partial charge < -0.3 is 30.1 Å². The SMILES string of the molecule is COc1ccc(NC(=O)Nc2ccc3c(c2)CC(=O)N([C@@H](C)CO)C[C@H](C)[C@@H](CN(C)Cc2ccc(Cl)c(Cl)c2)O3)cc1. The molecule has 3 aromatic carbocycles. The zero-order valence-electron chi connectivity index (χ0n) is 24.8. The van der Waals surface area contributed by atoms with Crippen LogP contribution >= 0.6 is 23.2 Å². The molecule has 3 aromatic rings. The normalized spacial score (nSPS) is 17.7. The van der Waals surface area contributed by atoms with Gasteiger partial charge >= 0.3 is 6.03 Å². The van der Waals surface area contributed by atoms with Crippen molar-refractivity contribution in [3.63, 3.8) is 0 Å². The third kappa shape index (κ3) is 8.76. The van der Waals surface area contributed by atoms with E-state index >= 15 is 0 Å². The number of fused-ring (bicyclic) bond motifs is 1. The molecule has 3 atom stereocenters. The molecule has 0 saturated heterocycles. The van der Waals surface area contributed by atoms with E-state index in [0.717, 1.165) is 5.56 Å². The average Bonchev–Trinajstić information content (AvgIpc) is 3.02. The molecule has 1 aliphatic heterocycles. The van der Waals surface area contributed by atoms with Crippen LogP contribution in [0.5, 0.6) is 11.5 Å². The third-order valence-corrected chi connectivity index (χ3v) is 8.19. The van der Waals surface area contributed by atoms with Gasteiger partial charge in [0, 0.05) is 42.5 Å². The average molecular weight is 630 g/mol. The largest absolute Gasteiger partial charge is 0.497 e. The zero-order chi connectivity index (χ0) is 31.1. The fraction of sp³-hybridized carbons (Fsp3) is 0.375. The summed E-state index contributed by atoms with van der Waals surface area (Å²) in [4.78, 5) is 30.1. The van der Waals surface area contributed by atoms with E-state index in [1.54, 1.807) is 60.5 Å². The van der Waals surface area contributed by atoms with E-state index in [1.165, 1.54) is 0 Å². The van der Waals surface area contributed by atoms with Crippen LogP contribution in [-0.2, 0) is 17.8 Å². The number of benzene rings is 3. The standard InChI is InChI=1S/C32H38Cl2N4O5/c1-20-16-38(21(2)19-39)31(40)15-23-14-25(36-32(41)35-24-6-9-26(42-4)10-7-24)8-12-29(23)43-30(20)18-37(3)17-22-5-11-27(33)28(34)13-22/h5-14,20-21,30,39H,15-19H2,1-4H3,(H2,35,36,41)/t20-,21-,30+/m0/s1. The predicted molar refractivity (Wildman–Crippen MR) is 170 cm³/mol. The molecule has 230 valence electrons. The number of carbonyl (C=O) groups is 2. The maximum atomic E-state index is 13.5. The first-order valence-electron chi connectivity index (χ1n) is 14.1. The maximum absolute atomic E-state index is 13.5. The lowest BCUT2D eigenvalue weighted by Crippen LogP contribution is -2.47. The molecule has 3 amide bonds. The summed E-state index contributed by atoms with van der Waals surface area (Å²) in [6.07, 6.45) is -0.212. The highest BCUT2D eigenvalue weighted by Gasteiger charge is 2.31. The molecule has 0 aromatic heterocycles. The molecule has 9 nitrogen and oxygen atoms in total. The van der Waals surface area contributed by atoms with Crippen LogP contribution < -0.4 is 20.1 Å². The van der Waals surface area contributed by atoms with Crippen molar-refractivity contribution in [2.75, 3.05) is 44.5 Å². The summed E-state index contributed by atoms with van der Waals surface area (Å²) in [7, 11) is 3.58. The summed E-state index contributed by atoms with van der Waals surface area (Å²) >= 11 is 12.3. The number of carbonyl (C=O) groups excluding carboxylic acids is 2. The van der Waals surface area contributed by atoms with Crippen molar-refractivity contribution in [3.8, 4) is 11.5 Å². The van der Waals surface area contributed by atoms with Crippen LogP contribution in [0.25, 0.3) is 0 Å². The highest BCUT2D eigenvalue weighted by atomic mass is 35.5. The summed E-state index contributed by atoms with van der Waals surface area (Å²) in [5.74, 6) is 1.09. The second-order valence-corrected chi connectivity index (χ2v) is 11.8. The van der Waals surface area contributed by atoms with Crippen molar-refractivity contribution in [2.24, 2.45) is 5.92 Å². The number of urea groups is 1. The number of rotatable bonds is 9. The van der Waals surface area contributed by atoms with E-state index in [1.807, 2.05) is 33.0 Å². The second-order valence-electron chi connectivity index (χ2n) is 11.0. The molecule has 0 aliphatic carbocycles. The van der Waals surface area contributed by atoms with Gasteiger partial charge in [-0.3, -0.25) is 9.69 Å². The lowest BCUT2D eigenvalue weighted by Gasteiger charge is -2.34. The first kappa shape index (κ1) is 32.4. The highest BCUT2D eigenvalue weighted by Crippen LogP contribution is 2.30. The monoisotopic (exact) mass is 628 g/mol. The van der Waals surface area contributed by atoms with Gasteiger partial charge in [-0.25, -0.2) is 4.79 Å². The van der Waals surface area contributed by atoms with E-state index in [2.05, 4.69) is 15.5 Å². The Morgan fingerprint density at radius 3 is 2.47 bits per heavy atom. The number of ether oxygens (including phenoxy) is 2. The number of nitrogens with one attached hydrogen (secondary N) is 2. The van der Waals surface area contributed by atoms with Gasteiger partial charge in [0.05, 0.1) is 36.2 Å². The number of aliphatic hydroxyl groups is 1. The van der Waals surface area contributed by atoms with Gasteiger partial charge in [-0.15, -0.1) is 0 Å². The number of nitrogens with zero attached hydrogens (tertiary/aromatic N) is 2. The molecule has 1 heterocycles. The number of likely N-dealkylation sites (N-methyl/N-ethyl adjacent to an activating group) is 1. The van der Waals surface area contributed by atoms with Gasteiger partial charge in [0.2, 0.25) is 5.91 Å².